The topological polar surface area (TPSA) is 12.4 Å². The first-order valence-corrected chi connectivity index (χ1v) is 4.95. The van der Waals surface area contributed by atoms with Crippen LogP contribution in [0.3, 0.4) is 0 Å². The molecule has 0 atom stereocenters. The lowest BCUT2D eigenvalue weighted by Crippen LogP contribution is -1.96. The van der Waals surface area contributed by atoms with Crippen molar-refractivity contribution in [2.75, 3.05) is 0 Å². The standard InChI is InChI=1S/C14H13N/c1-3-7-12-10-11-8-5-6-9-13(11)14(12)15-4-2/h3-9H,1-2,10H2/b12-7-,15-14?. The average Bonchev–Trinajstić information content (AvgIpc) is 2.59. The molecule has 0 saturated heterocycles. The van der Waals surface area contributed by atoms with Gasteiger partial charge in [0.15, 0.2) is 0 Å². The molecule has 1 aromatic rings. The van der Waals surface area contributed by atoms with Crippen LogP contribution >= 0.6 is 0 Å². The maximum absolute atomic E-state index is 4.33. The van der Waals surface area contributed by atoms with Gasteiger partial charge in [0.2, 0.25) is 0 Å². The number of rotatable bonds is 2. The quantitative estimate of drug-likeness (QED) is 0.686. The molecule has 0 fully saturated rings. The molecule has 15 heavy (non-hydrogen) atoms. The second-order valence-electron chi connectivity index (χ2n) is 3.42. The highest BCUT2D eigenvalue weighted by Gasteiger charge is 2.20. The van der Waals surface area contributed by atoms with E-state index < -0.39 is 0 Å². The summed E-state index contributed by atoms with van der Waals surface area (Å²) in [7, 11) is 0. The molecule has 2 rings (SSSR count). The van der Waals surface area contributed by atoms with Gasteiger partial charge in [0, 0.05) is 18.2 Å². The Balaban J connectivity index is 2.56. The summed E-state index contributed by atoms with van der Waals surface area (Å²) in [6, 6.07) is 8.33. The summed E-state index contributed by atoms with van der Waals surface area (Å²) in [6.07, 6.45) is 6.35. The van der Waals surface area contributed by atoms with Crippen LogP contribution in [0.4, 0.5) is 0 Å². The number of nitrogens with zero attached hydrogens (tertiary/aromatic N) is 1. The van der Waals surface area contributed by atoms with Crippen LogP contribution in [-0.4, -0.2) is 5.71 Å². The van der Waals surface area contributed by atoms with E-state index in [-0.39, 0.29) is 0 Å². The fraction of sp³-hybridized carbons (Fsp3) is 0.0714. The van der Waals surface area contributed by atoms with Crippen molar-refractivity contribution < 1.29 is 0 Å². The van der Waals surface area contributed by atoms with Crippen molar-refractivity contribution in [1.29, 1.82) is 0 Å². The normalized spacial score (nSPS) is 19.2. The van der Waals surface area contributed by atoms with Crippen LogP contribution in [0.1, 0.15) is 11.1 Å². The third-order valence-electron chi connectivity index (χ3n) is 2.50. The van der Waals surface area contributed by atoms with Crippen molar-refractivity contribution in [3.63, 3.8) is 0 Å². The van der Waals surface area contributed by atoms with Gasteiger partial charge in [0.05, 0.1) is 5.71 Å². The van der Waals surface area contributed by atoms with E-state index in [1.165, 1.54) is 16.7 Å². The largest absolute Gasteiger partial charge is 0.257 e. The molecule has 1 aliphatic carbocycles. The molecule has 0 amide bonds. The van der Waals surface area contributed by atoms with E-state index in [0.29, 0.717) is 0 Å². The lowest BCUT2D eigenvalue weighted by atomic mass is 10.1. The Morgan fingerprint density at radius 3 is 2.73 bits per heavy atom. The second-order valence-corrected chi connectivity index (χ2v) is 3.42. The highest BCUT2D eigenvalue weighted by molar-refractivity contribution is 6.17. The van der Waals surface area contributed by atoms with Crippen molar-refractivity contribution in [3.05, 3.63) is 72.5 Å². The van der Waals surface area contributed by atoms with Crippen LogP contribution in [0.15, 0.2) is 66.3 Å². The summed E-state index contributed by atoms with van der Waals surface area (Å²) in [6.45, 7) is 7.38. The number of benzene rings is 1. The summed E-state index contributed by atoms with van der Waals surface area (Å²) in [4.78, 5) is 4.33. The Kier molecular flexibility index (Phi) is 2.64. The van der Waals surface area contributed by atoms with Crippen molar-refractivity contribution in [2.24, 2.45) is 4.99 Å². The van der Waals surface area contributed by atoms with E-state index in [4.69, 9.17) is 0 Å². The first-order chi connectivity index (χ1) is 7.36. The van der Waals surface area contributed by atoms with Gasteiger partial charge in [-0.15, -0.1) is 0 Å². The number of allylic oxidation sites excluding steroid dienone is 3. The number of aliphatic imine (C=N–C) groups is 1. The van der Waals surface area contributed by atoms with Crippen molar-refractivity contribution in [3.8, 4) is 0 Å². The lowest BCUT2D eigenvalue weighted by molar-refractivity contribution is 1.27. The number of fused-ring (bicyclic) bond motifs is 1. The molecule has 74 valence electrons. The maximum atomic E-state index is 4.33. The molecule has 1 aliphatic rings. The molecule has 1 nitrogen and oxygen atoms in total. The van der Waals surface area contributed by atoms with Gasteiger partial charge in [0.25, 0.3) is 0 Å². The zero-order valence-corrected chi connectivity index (χ0v) is 8.61. The number of hydrogen-bond donors (Lipinski definition) is 0. The van der Waals surface area contributed by atoms with Gasteiger partial charge >= 0.3 is 0 Å². The molecule has 0 aromatic heterocycles. The van der Waals surface area contributed by atoms with Crippen LogP contribution in [0, 0.1) is 0 Å². The molecular weight excluding hydrogens is 182 g/mol. The molecule has 0 radical (unpaired) electrons. The monoisotopic (exact) mass is 195 g/mol. The molecule has 1 aromatic carbocycles. The second kappa shape index (κ2) is 4.09. The highest BCUT2D eigenvalue weighted by atomic mass is 14.7. The molecule has 0 spiro atoms. The van der Waals surface area contributed by atoms with Crippen LogP contribution in [0.5, 0.6) is 0 Å². The molecule has 0 aliphatic heterocycles. The van der Waals surface area contributed by atoms with Gasteiger partial charge in [0.1, 0.15) is 0 Å². The minimum absolute atomic E-state index is 0.939. The minimum atomic E-state index is 0.939. The number of hydrogen-bond acceptors (Lipinski definition) is 1. The van der Waals surface area contributed by atoms with Gasteiger partial charge in [-0.25, -0.2) is 0 Å². The van der Waals surface area contributed by atoms with E-state index in [9.17, 15) is 0 Å². The summed E-state index contributed by atoms with van der Waals surface area (Å²) >= 11 is 0. The fourth-order valence-electron chi connectivity index (χ4n) is 1.89. The van der Waals surface area contributed by atoms with Gasteiger partial charge in [-0.3, -0.25) is 4.99 Å². The Bertz CT molecular complexity index is 464. The Labute approximate surface area is 90.2 Å². The van der Waals surface area contributed by atoms with Crippen molar-refractivity contribution in [2.45, 2.75) is 6.42 Å². The van der Waals surface area contributed by atoms with Crippen LogP contribution in [0.2, 0.25) is 0 Å². The fourth-order valence-corrected chi connectivity index (χ4v) is 1.89. The maximum Gasteiger partial charge on any atom is 0.0739 e. The third kappa shape index (κ3) is 1.68. The van der Waals surface area contributed by atoms with Crippen LogP contribution < -0.4 is 0 Å². The van der Waals surface area contributed by atoms with Gasteiger partial charge in [-0.05, 0) is 11.1 Å². The average molecular weight is 195 g/mol. The summed E-state index contributed by atoms with van der Waals surface area (Å²) in [5.41, 5.74) is 4.78. The molecule has 0 saturated carbocycles. The molecular formula is C14H13N. The molecule has 1 heteroatoms. The summed E-state index contributed by atoms with van der Waals surface area (Å²) < 4.78 is 0. The predicted octanol–water partition coefficient (Wildman–Crippen LogP) is 3.29. The van der Waals surface area contributed by atoms with Crippen molar-refractivity contribution in [1.82, 2.24) is 0 Å². The highest BCUT2D eigenvalue weighted by Crippen LogP contribution is 2.26. The predicted molar refractivity (Wildman–Crippen MR) is 65.2 cm³/mol. The van der Waals surface area contributed by atoms with E-state index in [1.807, 2.05) is 12.1 Å². The minimum Gasteiger partial charge on any atom is -0.257 e. The Morgan fingerprint density at radius 2 is 2.00 bits per heavy atom. The first-order valence-electron chi connectivity index (χ1n) is 4.95. The zero-order chi connectivity index (χ0) is 10.7. The van der Waals surface area contributed by atoms with Gasteiger partial charge in [-0.1, -0.05) is 49.6 Å². The summed E-state index contributed by atoms with van der Waals surface area (Å²) in [5, 5.41) is 0. The smallest absolute Gasteiger partial charge is 0.0739 e. The SMILES string of the molecule is C=C/C=C1/Cc2ccccc2C1=NC=C. The van der Waals surface area contributed by atoms with E-state index in [2.05, 4.69) is 36.3 Å². The molecule has 0 bridgehead atoms. The van der Waals surface area contributed by atoms with E-state index in [0.717, 1.165) is 12.1 Å². The molecule has 0 heterocycles. The third-order valence-corrected chi connectivity index (χ3v) is 2.50. The zero-order valence-electron chi connectivity index (χ0n) is 8.61. The van der Waals surface area contributed by atoms with Crippen LogP contribution in [-0.2, 0) is 6.42 Å². The molecule has 0 N–H and O–H groups in total. The van der Waals surface area contributed by atoms with E-state index >= 15 is 0 Å². The van der Waals surface area contributed by atoms with Gasteiger partial charge < -0.3 is 0 Å². The Morgan fingerprint density at radius 1 is 1.20 bits per heavy atom. The summed E-state index contributed by atoms with van der Waals surface area (Å²) in [5.74, 6) is 0. The van der Waals surface area contributed by atoms with Crippen molar-refractivity contribution >= 4 is 5.71 Å². The lowest BCUT2D eigenvalue weighted by Gasteiger charge is -1.98. The molecule has 0 unspecified atom stereocenters. The first kappa shape index (κ1) is 9.66. The Hall–Kier alpha value is -1.89. The van der Waals surface area contributed by atoms with E-state index in [1.54, 1.807) is 12.3 Å². The van der Waals surface area contributed by atoms with Crippen LogP contribution in [0.25, 0.3) is 0 Å². The van der Waals surface area contributed by atoms with Gasteiger partial charge in [-0.2, -0.15) is 0 Å².